The quantitative estimate of drug-likeness (QED) is 0.899. The van der Waals surface area contributed by atoms with Gasteiger partial charge in [-0.15, -0.1) is 0 Å². The second kappa shape index (κ2) is 6.51. The standard InChI is InChI=1S/C16H24N2O/c1-2-14(13-18-8-6-17-7-9-18)12-16(3-1)15-4-10-19-11-5-15/h1-3,12,15,17H,4-11,13H2. The van der Waals surface area contributed by atoms with Gasteiger partial charge in [0.1, 0.15) is 0 Å². The Hall–Kier alpha value is -0.900. The molecule has 2 aliphatic rings. The Kier molecular flexibility index (Phi) is 4.49. The van der Waals surface area contributed by atoms with Crippen molar-refractivity contribution in [2.24, 2.45) is 0 Å². The smallest absolute Gasteiger partial charge is 0.0471 e. The summed E-state index contributed by atoms with van der Waals surface area (Å²) in [4.78, 5) is 2.54. The number of benzene rings is 1. The fourth-order valence-electron chi connectivity index (χ4n) is 3.10. The molecule has 3 heteroatoms. The van der Waals surface area contributed by atoms with E-state index < -0.39 is 0 Å². The molecule has 1 aromatic carbocycles. The Labute approximate surface area is 115 Å². The molecule has 104 valence electrons. The van der Waals surface area contributed by atoms with Gasteiger partial charge in [-0.1, -0.05) is 24.3 Å². The summed E-state index contributed by atoms with van der Waals surface area (Å²) in [6, 6.07) is 9.20. The van der Waals surface area contributed by atoms with Gasteiger partial charge >= 0.3 is 0 Å². The number of ether oxygens (including phenoxy) is 1. The first-order valence-electron chi connectivity index (χ1n) is 7.51. The first kappa shape index (κ1) is 13.1. The van der Waals surface area contributed by atoms with Gasteiger partial charge in [-0.2, -0.15) is 0 Å². The molecular weight excluding hydrogens is 236 g/mol. The zero-order chi connectivity index (χ0) is 12.9. The molecule has 3 rings (SSSR count). The monoisotopic (exact) mass is 260 g/mol. The molecule has 2 saturated heterocycles. The summed E-state index contributed by atoms with van der Waals surface area (Å²) >= 11 is 0. The van der Waals surface area contributed by atoms with Crippen LogP contribution in [0.15, 0.2) is 24.3 Å². The Bertz CT molecular complexity index is 395. The van der Waals surface area contributed by atoms with E-state index in [-0.39, 0.29) is 0 Å². The average molecular weight is 260 g/mol. The Morgan fingerprint density at radius 1 is 1.16 bits per heavy atom. The molecular formula is C16H24N2O. The van der Waals surface area contributed by atoms with E-state index in [1.165, 1.54) is 37.1 Å². The predicted octanol–water partition coefficient (Wildman–Crippen LogP) is 1.99. The van der Waals surface area contributed by atoms with Gasteiger partial charge in [-0.3, -0.25) is 4.90 Å². The number of hydrogen-bond acceptors (Lipinski definition) is 3. The van der Waals surface area contributed by atoms with Gasteiger partial charge in [0.25, 0.3) is 0 Å². The van der Waals surface area contributed by atoms with Gasteiger partial charge in [-0.05, 0) is 29.9 Å². The van der Waals surface area contributed by atoms with Crippen LogP contribution >= 0.6 is 0 Å². The Balaban J connectivity index is 1.64. The SMILES string of the molecule is c1cc(CN2CCNCC2)cc(C2CCOCC2)c1. The van der Waals surface area contributed by atoms with Crippen LogP contribution in [0.3, 0.4) is 0 Å². The van der Waals surface area contributed by atoms with Gasteiger partial charge < -0.3 is 10.1 Å². The van der Waals surface area contributed by atoms with Crippen molar-refractivity contribution in [2.45, 2.75) is 25.3 Å². The lowest BCUT2D eigenvalue weighted by molar-refractivity contribution is 0.0853. The fraction of sp³-hybridized carbons (Fsp3) is 0.625. The molecule has 0 atom stereocenters. The van der Waals surface area contributed by atoms with Crippen LogP contribution in [-0.4, -0.2) is 44.3 Å². The maximum absolute atomic E-state index is 5.46. The molecule has 0 bridgehead atoms. The molecule has 0 amide bonds. The van der Waals surface area contributed by atoms with E-state index in [1.807, 2.05) is 0 Å². The molecule has 0 spiro atoms. The number of rotatable bonds is 3. The van der Waals surface area contributed by atoms with E-state index in [0.717, 1.165) is 32.8 Å². The maximum atomic E-state index is 5.46. The first-order valence-corrected chi connectivity index (χ1v) is 7.51. The van der Waals surface area contributed by atoms with Crippen molar-refractivity contribution >= 4 is 0 Å². The van der Waals surface area contributed by atoms with Crippen molar-refractivity contribution in [3.05, 3.63) is 35.4 Å². The highest BCUT2D eigenvalue weighted by Crippen LogP contribution is 2.27. The minimum absolute atomic E-state index is 0.705. The van der Waals surface area contributed by atoms with Gasteiger partial charge in [0.15, 0.2) is 0 Å². The summed E-state index contributed by atoms with van der Waals surface area (Å²) in [6.07, 6.45) is 2.36. The molecule has 0 unspecified atom stereocenters. The molecule has 2 heterocycles. The highest BCUT2D eigenvalue weighted by Gasteiger charge is 2.16. The van der Waals surface area contributed by atoms with Crippen LogP contribution in [0.5, 0.6) is 0 Å². The number of nitrogens with one attached hydrogen (secondary N) is 1. The summed E-state index contributed by atoms with van der Waals surface area (Å²) in [5, 5.41) is 3.41. The van der Waals surface area contributed by atoms with Crippen molar-refractivity contribution < 1.29 is 4.74 Å². The van der Waals surface area contributed by atoms with Crippen molar-refractivity contribution in [1.29, 1.82) is 0 Å². The normalized spacial score (nSPS) is 22.5. The first-order chi connectivity index (χ1) is 9.42. The summed E-state index contributed by atoms with van der Waals surface area (Å²) in [6.45, 7) is 7.53. The topological polar surface area (TPSA) is 24.5 Å². The van der Waals surface area contributed by atoms with E-state index >= 15 is 0 Å². The molecule has 2 fully saturated rings. The highest BCUT2D eigenvalue weighted by molar-refractivity contribution is 5.26. The molecule has 3 nitrogen and oxygen atoms in total. The number of piperazine rings is 1. The number of nitrogens with zero attached hydrogens (tertiary/aromatic N) is 1. The van der Waals surface area contributed by atoms with Crippen LogP contribution in [0.25, 0.3) is 0 Å². The second-order valence-electron chi connectivity index (χ2n) is 5.66. The zero-order valence-electron chi connectivity index (χ0n) is 11.6. The van der Waals surface area contributed by atoms with E-state index in [2.05, 4.69) is 34.5 Å². The molecule has 1 aromatic rings. The minimum atomic E-state index is 0.705. The molecule has 0 radical (unpaired) electrons. The third kappa shape index (κ3) is 3.56. The maximum Gasteiger partial charge on any atom is 0.0471 e. The summed E-state index contributed by atoms with van der Waals surface area (Å²) in [5.41, 5.74) is 2.97. The van der Waals surface area contributed by atoms with Crippen molar-refractivity contribution in [1.82, 2.24) is 10.2 Å². The van der Waals surface area contributed by atoms with Crippen LogP contribution in [0.1, 0.15) is 29.9 Å². The van der Waals surface area contributed by atoms with Crippen LogP contribution in [0.2, 0.25) is 0 Å². The highest BCUT2D eigenvalue weighted by atomic mass is 16.5. The Morgan fingerprint density at radius 2 is 1.95 bits per heavy atom. The van der Waals surface area contributed by atoms with Crippen LogP contribution in [0.4, 0.5) is 0 Å². The molecule has 0 aromatic heterocycles. The average Bonchev–Trinajstić information content (AvgIpc) is 2.49. The summed E-state index contributed by atoms with van der Waals surface area (Å²) in [7, 11) is 0. The van der Waals surface area contributed by atoms with E-state index in [4.69, 9.17) is 4.74 Å². The molecule has 19 heavy (non-hydrogen) atoms. The van der Waals surface area contributed by atoms with Crippen molar-refractivity contribution in [3.63, 3.8) is 0 Å². The van der Waals surface area contributed by atoms with Crippen molar-refractivity contribution in [3.8, 4) is 0 Å². The van der Waals surface area contributed by atoms with Crippen LogP contribution in [0, 0.1) is 0 Å². The Morgan fingerprint density at radius 3 is 2.74 bits per heavy atom. The lowest BCUT2D eigenvalue weighted by Gasteiger charge is -2.28. The van der Waals surface area contributed by atoms with Crippen molar-refractivity contribution in [2.75, 3.05) is 39.4 Å². The molecule has 2 aliphatic heterocycles. The van der Waals surface area contributed by atoms with E-state index in [0.29, 0.717) is 5.92 Å². The lowest BCUT2D eigenvalue weighted by atomic mass is 9.90. The summed E-state index contributed by atoms with van der Waals surface area (Å²) < 4.78 is 5.46. The lowest BCUT2D eigenvalue weighted by Crippen LogP contribution is -2.42. The van der Waals surface area contributed by atoms with Gasteiger partial charge in [0.2, 0.25) is 0 Å². The molecule has 0 aliphatic carbocycles. The van der Waals surface area contributed by atoms with E-state index in [9.17, 15) is 0 Å². The third-order valence-corrected chi connectivity index (χ3v) is 4.26. The summed E-state index contributed by atoms with van der Waals surface area (Å²) in [5.74, 6) is 0.705. The fourth-order valence-corrected chi connectivity index (χ4v) is 3.10. The third-order valence-electron chi connectivity index (χ3n) is 4.26. The van der Waals surface area contributed by atoms with E-state index in [1.54, 1.807) is 0 Å². The van der Waals surface area contributed by atoms with Gasteiger partial charge in [0.05, 0.1) is 0 Å². The predicted molar refractivity (Wildman–Crippen MR) is 77.4 cm³/mol. The van der Waals surface area contributed by atoms with Crippen LogP contribution < -0.4 is 5.32 Å². The minimum Gasteiger partial charge on any atom is -0.381 e. The molecule has 0 saturated carbocycles. The van der Waals surface area contributed by atoms with Gasteiger partial charge in [0, 0.05) is 45.9 Å². The largest absolute Gasteiger partial charge is 0.381 e. The molecule has 1 N–H and O–H groups in total. The zero-order valence-corrected chi connectivity index (χ0v) is 11.6. The second-order valence-corrected chi connectivity index (χ2v) is 5.66. The number of hydrogen-bond donors (Lipinski definition) is 1. The van der Waals surface area contributed by atoms with Crippen LogP contribution in [-0.2, 0) is 11.3 Å². The van der Waals surface area contributed by atoms with Gasteiger partial charge in [-0.25, -0.2) is 0 Å².